The number of para-hydroxylation sites is 2. The first-order valence-corrected chi connectivity index (χ1v) is 13.7. The molecule has 0 saturated heterocycles. The van der Waals surface area contributed by atoms with Crippen LogP contribution < -0.4 is 11.0 Å². The Bertz CT molecular complexity index is 2510. The van der Waals surface area contributed by atoms with Crippen LogP contribution in [-0.4, -0.2) is 4.40 Å². The molecule has 6 aromatic carbocycles. The monoisotopic (exact) mass is 525 g/mol. The molecular formula is C38H23NO2. The highest BCUT2D eigenvalue weighted by molar-refractivity contribution is 6.20. The van der Waals surface area contributed by atoms with Crippen LogP contribution in [0, 0.1) is 0 Å². The maximum Gasteiger partial charge on any atom is 0.264 e. The molecule has 8 aromatic rings. The van der Waals surface area contributed by atoms with Crippen molar-refractivity contribution in [3.63, 3.8) is 0 Å². The van der Waals surface area contributed by atoms with Gasteiger partial charge >= 0.3 is 0 Å². The van der Waals surface area contributed by atoms with Crippen LogP contribution >= 0.6 is 0 Å². The van der Waals surface area contributed by atoms with E-state index in [0.29, 0.717) is 16.2 Å². The molecule has 0 N–H and O–H groups in total. The molecule has 2 aromatic heterocycles. The molecule has 3 heteroatoms. The molecule has 0 bridgehead atoms. The lowest BCUT2D eigenvalue weighted by molar-refractivity contribution is 1.20. The number of rotatable bonds is 1. The van der Waals surface area contributed by atoms with Gasteiger partial charge in [-0.2, -0.15) is 0 Å². The molecule has 0 amide bonds. The molecule has 0 fully saturated rings. The highest BCUT2D eigenvalue weighted by Gasteiger charge is 2.17. The molecule has 0 aliphatic heterocycles. The van der Waals surface area contributed by atoms with Crippen molar-refractivity contribution in [1.82, 2.24) is 4.40 Å². The van der Waals surface area contributed by atoms with Gasteiger partial charge in [-0.1, -0.05) is 133 Å². The van der Waals surface area contributed by atoms with Gasteiger partial charge in [0.25, 0.3) is 5.56 Å². The molecular weight excluding hydrogens is 502 g/mol. The molecule has 0 saturated carbocycles. The zero-order chi connectivity index (χ0) is 27.5. The lowest BCUT2D eigenvalue weighted by Gasteiger charge is -2.15. The summed E-state index contributed by atoms with van der Waals surface area (Å²) < 4.78 is 1.87. The summed E-state index contributed by atoms with van der Waals surface area (Å²) in [5.41, 5.74) is 3.31. The van der Waals surface area contributed by atoms with Gasteiger partial charge in [-0.05, 0) is 33.4 Å². The van der Waals surface area contributed by atoms with E-state index >= 15 is 0 Å². The molecule has 8 rings (SSSR count). The van der Waals surface area contributed by atoms with Gasteiger partial charge in [-0.25, -0.2) is 0 Å². The van der Waals surface area contributed by atoms with E-state index in [1.54, 1.807) is 0 Å². The van der Waals surface area contributed by atoms with Crippen molar-refractivity contribution in [2.45, 2.75) is 0 Å². The Kier molecular flexibility index (Phi) is 5.13. The minimum Gasteiger partial charge on any atom is -0.289 e. The number of hydrogen-bond acceptors (Lipinski definition) is 2. The summed E-state index contributed by atoms with van der Waals surface area (Å²) in [5, 5.41) is 7.06. The summed E-state index contributed by atoms with van der Waals surface area (Å²) in [6, 6.07) is 45.6. The number of aromatic nitrogens is 1. The van der Waals surface area contributed by atoms with Crippen LogP contribution in [0.15, 0.2) is 149 Å². The number of nitrogens with zero attached hydrogens (tertiary/aromatic N) is 1. The predicted molar refractivity (Wildman–Crippen MR) is 172 cm³/mol. The van der Waals surface area contributed by atoms with Gasteiger partial charge < -0.3 is 0 Å². The zero-order valence-corrected chi connectivity index (χ0v) is 22.0. The van der Waals surface area contributed by atoms with Gasteiger partial charge in [-0.3, -0.25) is 14.0 Å². The third kappa shape index (κ3) is 3.39. The maximum atomic E-state index is 15.0. The van der Waals surface area contributed by atoms with Gasteiger partial charge in [-0.15, -0.1) is 0 Å². The van der Waals surface area contributed by atoms with Crippen LogP contribution in [0.2, 0.25) is 0 Å². The summed E-state index contributed by atoms with van der Waals surface area (Å²) >= 11 is 0. The van der Waals surface area contributed by atoms with Crippen molar-refractivity contribution >= 4 is 59.5 Å². The zero-order valence-electron chi connectivity index (χ0n) is 22.0. The van der Waals surface area contributed by atoms with Crippen LogP contribution in [0.1, 0.15) is 0 Å². The summed E-state index contributed by atoms with van der Waals surface area (Å²) in [5.74, 6) is 0. The number of pyridine rings is 1. The molecule has 0 spiro atoms. The van der Waals surface area contributed by atoms with E-state index in [4.69, 9.17) is 0 Å². The second-order valence-corrected chi connectivity index (χ2v) is 10.4. The summed E-state index contributed by atoms with van der Waals surface area (Å²) in [4.78, 5) is 29.2. The van der Waals surface area contributed by atoms with Gasteiger partial charge in [0.15, 0.2) is 5.43 Å². The fraction of sp³-hybridized carbons (Fsp3) is 0. The highest BCUT2D eigenvalue weighted by Crippen LogP contribution is 2.35. The Hall–Kier alpha value is -5.54. The van der Waals surface area contributed by atoms with E-state index in [2.05, 4.69) is 6.07 Å². The predicted octanol–water partition coefficient (Wildman–Crippen LogP) is 8.65. The van der Waals surface area contributed by atoms with E-state index in [1.165, 1.54) is 0 Å². The average molecular weight is 526 g/mol. The molecule has 0 unspecified atom stereocenters. The molecule has 0 radical (unpaired) electrons. The van der Waals surface area contributed by atoms with E-state index in [0.717, 1.165) is 54.5 Å². The van der Waals surface area contributed by atoms with E-state index < -0.39 is 0 Å². The van der Waals surface area contributed by atoms with Crippen molar-refractivity contribution in [2.24, 2.45) is 0 Å². The maximum absolute atomic E-state index is 15.0. The largest absolute Gasteiger partial charge is 0.289 e. The topological polar surface area (TPSA) is 38.5 Å². The minimum absolute atomic E-state index is 0.0362. The second kappa shape index (κ2) is 9.00. The number of benzene rings is 6. The first-order valence-electron chi connectivity index (χ1n) is 13.7. The standard InChI is InChI=1S/C38H23NO2/c40-37-32-17-6-4-14-26(32)28-16-8-9-23-34(28)39-36-30(27-15-5-7-18-33(27)37)21-11-22-31(36)29-20-10-19-25(35(29)38(39)41)24-12-2-1-3-13-24/h1-23H. The highest BCUT2D eigenvalue weighted by atomic mass is 16.1. The van der Waals surface area contributed by atoms with Crippen molar-refractivity contribution < 1.29 is 0 Å². The third-order valence-electron chi connectivity index (χ3n) is 8.18. The van der Waals surface area contributed by atoms with Crippen molar-refractivity contribution in [2.75, 3.05) is 0 Å². The Balaban J connectivity index is 1.82. The van der Waals surface area contributed by atoms with Crippen molar-refractivity contribution in [3.05, 3.63) is 160 Å². The van der Waals surface area contributed by atoms with Gasteiger partial charge in [0, 0.05) is 26.9 Å². The lowest BCUT2D eigenvalue weighted by atomic mass is 9.95. The van der Waals surface area contributed by atoms with Crippen LogP contribution in [0.3, 0.4) is 0 Å². The Morgan fingerprint density at radius 1 is 0.390 bits per heavy atom. The van der Waals surface area contributed by atoms with Gasteiger partial charge in [0.1, 0.15) is 0 Å². The van der Waals surface area contributed by atoms with E-state index in [1.807, 2.05) is 138 Å². The molecule has 0 aliphatic rings. The first-order chi connectivity index (χ1) is 20.2. The van der Waals surface area contributed by atoms with E-state index in [9.17, 15) is 9.59 Å². The van der Waals surface area contributed by atoms with Gasteiger partial charge in [0.05, 0.1) is 16.4 Å². The summed E-state index contributed by atoms with van der Waals surface area (Å²) in [7, 11) is 0. The Labute approximate surface area is 234 Å². The third-order valence-corrected chi connectivity index (χ3v) is 8.18. The smallest absolute Gasteiger partial charge is 0.264 e. The fourth-order valence-electron chi connectivity index (χ4n) is 6.40. The molecule has 3 nitrogen and oxygen atoms in total. The second-order valence-electron chi connectivity index (χ2n) is 10.4. The van der Waals surface area contributed by atoms with Crippen molar-refractivity contribution in [3.8, 4) is 11.1 Å². The SMILES string of the molecule is O=c1c2ccccc2c2ccccc2n2c(=O)c3c(-c4ccccc4)cccc3c3cccc(c4ccccc14)c32. The molecule has 0 aliphatic carbocycles. The molecule has 192 valence electrons. The van der Waals surface area contributed by atoms with Crippen molar-refractivity contribution in [1.29, 1.82) is 0 Å². The number of fused-ring (bicyclic) bond motifs is 8. The molecule has 2 heterocycles. The van der Waals surface area contributed by atoms with Gasteiger partial charge in [0.2, 0.25) is 0 Å². The first kappa shape index (κ1) is 23.4. The van der Waals surface area contributed by atoms with Crippen LogP contribution in [0.5, 0.6) is 0 Å². The fourth-order valence-corrected chi connectivity index (χ4v) is 6.40. The van der Waals surface area contributed by atoms with Crippen LogP contribution in [-0.2, 0) is 0 Å². The summed E-state index contributed by atoms with van der Waals surface area (Å²) in [6.07, 6.45) is 0. The Morgan fingerprint density at radius 2 is 0.878 bits per heavy atom. The molecule has 41 heavy (non-hydrogen) atoms. The summed E-state index contributed by atoms with van der Waals surface area (Å²) in [6.45, 7) is 0. The minimum atomic E-state index is -0.0892. The average Bonchev–Trinajstić information content (AvgIpc) is 3.04. The lowest BCUT2D eigenvalue weighted by Crippen LogP contribution is -2.16. The van der Waals surface area contributed by atoms with Crippen LogP contribution in [0.25, 0.3) is 70.6 Å². The quantitative estimate of drug-likeness (QED) is 0.201. The van der Waals surface area contributed by atoms with E-state index in [-0.39, 0.29) is 11.0 Å². The van der Waals surface area contributed by atoms with Crippen LogP contribution in [0.4, 0.5) is 0 Å². The normalized spacial score (nSPS) is 11.6. The molecule has 0 atom stereocenters. The Morgan fingerprint density at radius 3 is 1.59 bits per heavy atom. The number of hydrogen-bond donors (Lipinski definition) is 0.